The van der Waals surface area contributed by atoms with Crippen molar-refractivity contribution in [1.29, 1.82) is 0 Å². The molecule has 1 aromatic rings. The van der Waals surface area contributed by atoms with Crippen LogP contribution in [-0.2, 0) is 16.0 Å². The number of carboxylic acids is 1. The summed E-state index contributed by atoms with van der Waals surface area (Å²) < 4.78 is 5.53. The number of benzene rings is 1. The molecule has 0 radical (unpaired) electrons. The molecule has 1 N–H and O–H groups in total. The monoisotopic (exact) mass is 291 g/mol. The number of aliphatic carboxylic acids is 1. The Morgan fingerprint density at radius 2 is 1.95 bits per heavy atom. The fourth-order valence-electron chi connectivity index (χ4n) is 2.44. The van der Waals surface area contributed by atoms with Crippen LogP contribution in [0.15, 0.2) is 24.3 Å². The number of carbonyl (C=O) groups is 2. The molecule has 1 amide bonds. The lowest BCUT2D eigenvalue weighted by Gasteiger charge is -2.30. The van der Waals surface area contributed by atoms with Gasteiger partial charge in [0.2, 0.25) is 0 Å². The highest BCUT2D eigenvalue weighted by atomic mass is 16.5. The first-order valence-electron chi connectivity index (χ1n) is 7.26. The van der Waals surface area contributed by atoms with Crippen molar-refractivity contribution >= 4 is 11.9 Å². The summed E-state index contributed by atoms with van der Waals surface area (Å²) in [7, 11) is 0. The van der Waals surface area contributed by atoms with E-state index >= 15 is 0 Å². The van der Waals surface area contributed by atoms with E-state index in [1.165, 1.54) is 0 Å². The first-order chi connectivity index (χ1) is 10.1. The van der Waals surface area contributed by atoms with Gasteiger partial charge < -0.3 is 14.7 Å². The predicted octanol–water partition coefficient (Wildman–Crippen LogP) is 1.95. The van der Waals surface area contributed by atoms with Crippen LogP contribution in [0.2, 0.25) is 0 Å². The van der Waals surface area contributed by atoms with Gasteiger partial charge in [-0.3, -0.25) is 9.59 Å². The fourth-order valence-corrected chi connectivity index (χ4v) is 2.44. The van der Waals surface area contributed by atoms with E-state index in [2.05, 4.69) is 6.92 Å². The Kier molecular flexibility index (Phi) is 5.20. The maximum Gasteiger partial charge on any atom is 0.307 e. The second-order valence-corrected chi connectivity index (χ2v) is 5.53. The lowest BCUT2D eigenvalue weighted by atomic mass is 9.99. The molecule has 0 unspecified atom stereocenters. The molecule has 1 fully saturated rings. The van der Waals surface area contributed by atoms with Gasteiger partial charge in [0.05, 0.1) is 6.42 Å². The summed E-state index contributed by atoms with van der Waals surface area (Å²) in [5.41, 5.74) is 0.588. The molecule has 1 aliphatic heterocycles. The van der Waals surface area contributed by atoms with E-state index in [-0.39, 0.29) is 18.9 Å². The number of carboxylic acid groups (broad SMARTS) is 1. The van der Waals surface area contributed by atoms with Crippen LogP contribution >= 0.6 is 0 Å². The molecule has 5 nitrogen and oxygen atoms in total. The number of likely N-dealkylation sites (tertiary alicyclic amines) is 1. The number of amides is 1. The molecule has 1 saturated heterocycles. The molecule has 5 heteroatoms. The highest BCUT2D eigenvalue weighted by Gasteiger charge is 2.20. The summed E-state index contributed by atoms with van der Waals surface area (Å²) in [5.74, 6) is 0.194. The smallest absolute Gasteiger partial charge is 0.307 e. The van der Waals surface area contributed by atoms with Crippen LogP contribution in [0, 0.1) is 5.92 Å². The van der Waals surface area contributed by atoms with Gasteiger partial charge in [0.25, 0.3) is 5.91 Å². The van der Waals surface area contributed by atoms with Gasteiger partial charge in [-0.25, -0.2) is 0 Å². The summed E-state index contributed by atoms with van der Waals surface area (Å²) in [6, 6.07) is 6.94. The van der Waals surface area contributed by atoms with E-state index in [0.29, 0.717) is 17.2 Å². The Morgan fingerprint density at radius 3 is 2.62 bits per heavy atom. The summed E-state index contributed by atoms with van der Waals surface area (Å²) in [5, 5.41) is 8.87. The third kappa shape index (κ3) is 4.48. The van der Waals surface area contributed by atoms with Crippen LogP contribution in [0.25, 0.3) is 0 Å². The minimum atomic E-state index is -0.914. The zero-order chi connectivity index (χ0) is 15.2. The molecule has 21 heavy (non-hydrogen) atoms. The standard InChI is InChI=1S/C16H21NO4/c1-12-6-8-17(9-7-12)15(18)11-21-14-5-3-2-4-13(14)10-16(19)20/h2-5,12H,6-11H2,1H3,(H,19,20). The third-order valence-electron chi connectivity index (χ3n) is 3.80. The number of piperidine rings is 1. The summed E-state index contributed by atoms with van der Waals surface area (Å²) in [6.07, 6.45) is 1.95. The molecule has 114 valence electrons. The highest BCUT2D eigenvalue weighted by molar-refractivity contribution is 5.78. The van der Waals surface area contributed by atoms with Crippen molar-refractivity contribution in [3.8, 4) is 5.75 Å². The molecule has 0 aromatic heterocycles. The number of ether oxygens (including phenoxy) is 1. The zero-order valence-electron chi connectivity index (χ0n) is 12.2. The van der Waals surface area contributed by atoms with Gasteiger partial charge in [0.15, 0.2) is 6.61 Å². The number of rotatable bonds is 5. The predicted molar refractivity (Wildman–Crippen MR) is 78.3 cm³/mol. The molecule has 0 spiro atoms. The van der Waals surface area contributed by atoms with Crippen molar-refractivity contribution < 1.29 is 19.4 Å². The Labute approximate surface area is 124 Å². The number of para-hydroxylation sites is 1. The molecule has 0 saturated carbocycles. The van der Waals surface area contributed by atoms with Crippen molar-refractivity contribution in [2.24, 2.45) is 5.92 Å². The van der Waals surface area contributed by atoms with E-state index in [0.717, 1.165) is 25.9 Å². The maximum atomic E-state index is 12.1. The van der Waals surface area contributed by atoms with Gasteiger partial charge in [-0.15, -0.1) is 0 Å². The number of carbonyl (C=O) groups excluding carboxylic acids is 1. The number of hydrogen-bond donors (Lipinski definition) is 1. The average Bonchev–Trinajstić information content (AvgIpc) is 2.46. The minimum Gasteiger partial charge on any atom is -0.483 e. The van der Waals surface area contributed by atoms with E-state index in [1.54, 1.807) is 24.3 Å². The van der Waals surface area contributed by atoms with Crippen LogP contribution in [0.1, 0.15) is 25.3 Å². The van der Waals surface area contributed by atoms with Crippen LogP contribution in [0.4, 0.5) is 0 Å². The first kappa shape index (κ1) is 15.4. The summed E-state index contributed by atoms with van der Waals surface area (Å²) in [6.45, 7) is 3.71. The van der Waals surface area contributed by atoms with E-state index in [9.17, 15) is 9.59 Å². The van der Waals surface area contributed by atoms with Gasteiger partial charge in [-0.2, -0.15) is 0 Å². The summed E-state index contributed by atoms with van der Waals surface area (Å²) >= 11 is 0. The first-order valence-corrected chi connectivity index (χ1v) is 7.26. The van der Waals surface area contributed by atoms with Crippen LogP contribution in [0.5, 0.6) is 5.75 Å². The van der Waals surface area contributed by atoms with Crippen molar-refractivity contribution in [2.45, 2.75) is 26.2 Å². The zero-order valence-corrected chi connectivity index (χ0v) is 12.2. The van der Waals surface area contributed by atoms with E-state index in [1.807, 2.05) is 4.90 Å². The van der Waals surface area contributed by atoms with Gasteiger partial charge in [0, 0.05) is 18.7 Å². The van der Waals surface area contributed by atoms with Gasteiger partial charge in [-0.1, -0.05) is 25.1 Å². The molecule has 0 bridgehead atoms. The van der Waals surface area contributed by atoms with Crippen molar-refractivity contribution in [3.63, 3.8) is 0 Å². The normalized spacial score (nSPS) is 15.8. The molecule has 0 atom stereocenters. The molecule has 1 aromatic carbocycles. The second kappa shape index (κ2) is 7.11. The number of nitrogens with zero attached hydrogens (tertiary/aromatic N) is 1. The maximum absolute atomic E-state index is 12.1. The summed E-state index contributed by atoms with van der Waals surface area (Å²) in [4.78, 5) is 24.7. The molecule has 2 rings (SSSR count). The highest BCUT2D eigenvalue weighted by Crippen LogP contribution is 2.20. The van der Waals surface area contributed by atoms with Gasteiger partial charge in [0.1, 0.15) is 5.75 Å². The molecular weight excluding hydrogens is 270 g/mol. The quantitative estimate of drug-likeness (QED) is 0.900. The van der Waals surface area contributed by atoms with Crippen LogP contribution < -0.4 is 4.74 Å². The largest absolute Gasteiger partial charge is 0.483 e. The second-order valence-electron chi connectivity index (χ2n) is 5.53. The molecule has 0 aliphatic carbocycles. The van der Waals surface area contributed by atoms with Crippen molar-refractivity contribution in [3.05, 3.63) is 29.8 Å². The Bertz CT molecular complexity index is 507. The average molecular weight is 291 g/mol. The fraction of sp³-hybridized carbons (Fsp3) is 0.500. The van der Waals surface area contributed by atoms with Gasteiger partial charge >= 0.3 is 5.97 Å². The minimum absolute atomic E-state index is 0.0352. The van der Waals surface area contributed by atoms with E-state index < -0.39 is 5.97 Å². The van der Waals surface area contributed by atoms with Crippen LogP contribution in [-0.4, -0.2) is 41.6 Å². The SMILES string of the molecule is CC1CCN(C(=O)COc2ccccc2CC(=O)O)CC1. The third-order valence-corrected chi connectivity index (χ3v) is 3.80. The Balaban J connectivity index is 1.90. The Hall–Kier alpha value is -2.04. The molecule has 1 heterocycles. The molecular formula is C16H21NO4. The van der Waals surface area contributed by atoms with Gasteiger partial charge in [-0.05, 0) is 24.8 Å². The van der Waals surface area contributed by atoms with Crippen molar-refractivity contribution in [1.82, 2.24) is 4.90 Å². The topological polar surface area (TPSA) is 66.8 Å². The van der Waals surface area contributed by atoms with Crippen molar-refractivity contribution in [2.75, 3.05) is 19.7 Å². The lowest BCUT2D eigenvalue weighted by molar-refractivity contribution is -0.136. The number of hydrogen-bond acceptors (Lipinski definition) is 3. The van der Waals surface area contributed by atoms with E-state index in [4.69, 9.17) is 9.84 Å². The molecule has 1 aliphatic rings. The Morgan fingerprint density at radius 1 is 1.29 bits per heavy atom. The van der Waals surface area contributed by atoms with Crippen LogP contribution in [0.3, 0.4) is 0 Å². The lowest BCUT2D eigenvalue weighted by Crippen LogP contribution is -2.40.